The van der Waals surface area contributed by atoms with Crippen LogP contribution in [0.2, 0.25) is 10.0 Å². The highest BCUT2D eigenvalue weighted by Gasteiger charge is 2.17. The molecule has 192 valence electrons. The summed E-state index contributed by atoms with van der Waals surface area (Å²) < 4.78 is 9.12. The first-order chi connectivity index (χ1) is 17.8. The van der Waals surface area contributed by atoms with Crippen molar-refractivity contribution in [1.82, 2.24) is 14.0 Å². The molecule has 0 atom stereocenters. The summed E-state index contributed by atoms with van der Waals surface area (Å²) in [6.07, 6.45) is 0.596. The van der Waals surface area contributed by atoms with Crippen LogP contribution in [0.5, 0.6) is 5.75 Å². The number of likely N-dealkylation sites (N-methyl/N-ethyl adjacent to an activating group) is 1. The molecule has 0 aliphatic rings. The Balaban J connectivity index is 1.45. The van der Waals surface area contributed by atoms with E-state index < -0.39 is 0 Å². The van der Waals surface area contributed by atoms with Crippen molar-refractivity contribution in [3.63, 3.8) is 0 Å². The number of para-hydroxylation sites is 2. The van der Waals surface area contributed by atoms with E-state index in [4.69, 9.17) is 33.3 Å². The summed E-state index contributed by atoms with van der Waals surface area (Å²) in [4.78, 5) is 27.1. The summed E-state index contributed by atoms with van der Waals surface area (Å²) >= 11 is 12.5. The molecule has 0 fully saturated rings. The molecule has 0 aliphatic heterocycles. The van der Waals surface area contributed by atoms with E-state index in [0.717, 1.165) is 5.56 Å². The summed E-state index contributed by atoms with van der Waals surface area (Å²) in [7, 11) is 1.73. The van der Waals surface area contributed by atoms with Crippen LogP contribution in [-0.2, 0) is 17.9 Å². The third kappa shape index (κ3) is 6.06. The maximum absolute atomic E-state index is 12.9. The molecule has 4 aromatic rings. The molecule has 1 heterocycles. The molecule has 0 aliphatic carbocycles. The lowest BCUT2D eigenvalue weighted by Gasteiger charge is -2.18. The number of aryl methyl sites for hydroxylation is 2. The Kier molecular flexibility index (Phi) is 8.36. The van der Waals surface area contributed by atoms with Crippen molar-refractivity contribution in [2.24, 2.45) is 0 Å². The fourth-order valence-corrected chi connectivity index (χ4v) is 4.56. The van der Waals surface area contributed by atoms with Gasteiger partial charge in [0.25, 0.3) is 5.91 Å². The van der Waals surface area contributed by atoms with Gasteiger partial charge in [-0.25, -0.2) is 0 Å². The van der Waals surface area contributed by atoms with Gasteiger partial charge in [0.05, 0.1) is 22.6 Å². The van der Waals surface area contributed by atoms with E-state index in [-0.39, 0.29) is 30.5 Å². The molecular weight excluding hydrogens is 511 g/mol. The Morgan fingerprint density at radius 3 is 2.43 bits per heavy atom. The number of halogens is 2. The number of hydrogen-bond donors (Lipinski definition) is 1. The van der Waals surface area contributed by atoms with Crippen molar-refractivity contribution in [3.8, 4) is 5.75 Å². The number of fused-ring (bicyclic) bond motifs is 1. The van der Waals surface area contributed by atoms with Gasteiger partial charge in [-0.3, -0.25) is 15.0 Å². The number of amides is 1. The molecule has 0 saturated heterocycles. The lowest BCUT2D eigenvalue weighted by molar-refractivity contribution is -0.132. The van der Waals surface area contributed by atoms with Gasteiger partial charge in [0.2, 0.25) is 5.62 Å². The molecule has 0 saturated carbocycles. The largest absolute Gasteiger partial charge is 0.484 e. The first-order valence-corrected chi connectivity index (χ1v) is 12.6. The van der Waals surface area contributed by atoms with Gasteiger partial charge in [-0.15, -0.1) is 0 Å². The van der Waals surface area contributed by atoms with Crippen molar-refractivity contribution >= 4 is 45.9 Å². The number of nitrogens with zero attached hydrogens (tertiary/aromatic N) is 3. The van der Waals surface area contributed by atoms with Crippen LogP contribution >= 0.6 is 23.2 Å². The average molecular weight is 539 g/mol. The van der Waals surface area contributed by atoms with Crippen LogP contribution in [0.15, 0.2) is 66.7 Å². The molecular formula is C28H28Cl2N4O3. The topological polar surface area (TPSA) is 80.3 Å². The summed E-state index contributed by atoms with van der Waals surface area (Å²) in [6.45, 7) is 2.82. The zero-order valence-electron chi connectivity index (χ0n) is 20.7. The van der Waals surface area contributed by atoms with Crippen LogP contribution in [0.3, 0.4) is 0 Å². The van der Waals surface area contributed by atoms with Crippen molar-refractivity contribution in [2.75, 3.05) is 20.2 Å². The second kappa shape index (κ2) is 11.7. The Morgan fingerprint density at radius 2 is 1.70 bits per heavy atom. The van der Waals surface area contributed by atoms with Crippen LogP contribution in [0.1, 0.15) is 22.3 Å². The minimum absolute atomic E-state index is 0.00105. The van der Waals surface area contributed by atoms with Gasteiger partial charge in [-0.2, -0.15) is 0 Å². The highest BCUT2D eigenvalue weighted by atomic mass is 35.5. The number of benzene rings is 3. The molecule has 0 unspecified atom stereocenters. The van der Waals surface area contributed by atoms with E-state index in [2.05, 4.69) is 0 Å². The third-order valence-corrected chi connectivity index (χ3v) is 6.81. The normalized spacial score (nSPS) is 11.0. The fraction of sp³-hybridized carbons (Fsp3) is 0.250. The number of carbonyl (C=O) groups is 2. The van der Waals surface area contributed by atoms with E-state index in [1.54, 1.807) is 57.5 Å². The maximum Gasteiger partial charge on any atom is 0.260 e. The van der Waals surface area contributed by atoms with Crippen molar-refractivity contribution in [3.05, 3.63) is 93.5 Å². The quantitative estimate of drug-likeness (QED) is 0.276. The molecule has 0 spiro atoms. The van der Waals surface area contributed by atoms with Gasteiger partial charge < -0.3 is 18.8 Å². The smallest absolute Gasteiger partial charge is 0.260 e. The fourth-order valence-electron chi connectivity index (χ4n) is 4.16. The first-order valence-electron chi connectivity index (χ1n) is 11.9. The average Bonchev–Trinajstić information content (AvgIpc) is 3.15. The molecule has 1 amide bonds. The molecule has 0 radical (unpaired) electrons. The van der Waals surface area contributed by atoms with Crippen LogP contribution < -0.4 is 10.4 Å². The standard InChI is InChI=1S/C28H28Cl2N4O3/c1-19-7-3-4-10-25(19)37-18-26(36)32(2)15-6-16-33-27-22(30)8-5-9-23(27)34(28(33)31)17-24(35)20-11-13-21(29)14-12-20/h3-5,7-14,31H,6,15-18H2,1-2H3. The van der Waals surface area contributed by atoms with E-state index in [9.17, 15) is 9.59 Å². The summed E-state index contributed by atoms with van der Waals surface area (Å²) in [5.74, 6) is 0.427. The lowest BCUT2D eigenvalue weighted by Crippen LogP contribution is -2.33. The monoisotopic (exact) mass is 538 g/mol. The molecule has 4 rings (SSSR count). The van der Waals surface area contributed by atoms with E-state index in [0.29, 0.717) is 51.9 Å². The highest BCUT2D eigenvalue weighted by Crippen LogP contribution is 2.23. The van der Waals surface area contributed by atoms with Gasteiger partial charge >= 0.3 is 0 Å². The number of ether oxygens (including phenoxy) is 1. The van der Waals surface area contributed by atoms with Crippen LogP contribution in [-0.4, -0.2) is 45.9 Å². The number of carbonyl (C=O) groups excluding carboxylic acids is 2. The molecule has 7 nitrogen and oxygen atoms in total. The Bertz CT molecular complexity index is 1490. The second-order valence-electron chi connectivity index (χ2n) is 8.82. The molecule has 3 aromatic carbocycles. The number of nitrogens with one attached hydrogen (secondary N) is 1. The highest BCUT2D eigenvalue weighted by molar-refractivity contribution is 6.35. The predicted octanol–water partition coefficient (Wildman–Crippen LogP) is 5.35. The molecule has 0 bridgehead atoms. The lowest BCUT2D eigenvalue weighted by atomic mass is 10.1. The maximum atomic E-state index is 12.9. The Morgan fingerprint density at radius 1 is 0.973 bits per heavy atom. The summed E-state index contributed by atoms with van der Waals surface area (Å²) in [6, 6.07) is 19.7. The van der Waals surface area contributed by atoms with Crippen LogP contribution in [0, 0.1) is 12.3 Å². The number of hydrogen-bond acceptors (Lipinski definition) is 4. The summed E-state index contributed by atoms with van der Waals surface area (Å²) in [5, 5.41) is 9.86. The predicted molar refractivity (Wildman–Crippen MR) is 146 cm³/mol. The van der Waals surface area contributed by atoms with Crippen molar-refractivity contribution in [2.45, 2.75) is 26.4 Å². The van der Waals surface area contributed by atoms with Gasteiger partial charge in [0, 0.05) is 30.7 Å². The number of imidazole rings is 1. The van der Waals surface area contributed by atoms with Crippen LogP contribution in [0.4, 0.5) is 0 Å². The number of aromatic nitrogens is 2. The minimum Gasteiger partial charge on any atom is -0.484 e. The van der Waals surface area contributed by atoms with E-state index in [1.165, 1.54) is 0 Å². The number of ketones is 1. The SMILES string of the molecule is Cc1ccccc1OCC(=O)N(C)CCCn1c(=N)n(CC(=O)c2ccc(Cl)cc2)c2cccc(Cl)c21. The van der Waals surface area contributed by atoms with Gasteiger partial charge in [-0.05, 0) is 61.4 Å². The molecule has 1 aromatic heterocycles. The van der Waals surface area contributed by atoms with E-state index in [1.807, 2.05) is 37.3 Å². The van der Waals surface area contributed by atoms with Gasteiger partial charge in [-0.1, -0.05) is 47.5 Å². The second-order valence-corrected chi connectivity index (χ2v) is 9.67. The van der Waals surface area contributed by atoms with Crippen LogP contribution in [0.25, 0.3) is 11.0 Å². The molecule has 37 heavy (non-hydrogen) atoms. The van der Waals surface area contributed by atoms with E-state index >= 15 is 0 Å². The first kappa shape index (κ1) is 26.5. The zero-order valence-corrected chi connectivity index (χ0v) is 22.2. The Labute approximate surface area is 225 Å². The minimum atomic E-state index is -0.131. The molecule has 1 N–H and O–H groups in total. The Hall–Kier alpha value is -3.55. The third-order valence-electron chi connectivity index (χ3n) is 6.25. The van der Waals surface area contributed by atoms with Gasteiger partial charge in [0.1, 0.15) is 5.75 Å². The molecule has 9 heteroatoms. The summed E-state index contributed by atoms with van der Waals surface area (Å²) in [5.41, 5.74) is 3.06. The number of Topliss-reactive ketones (excluding diaryl/α,β-unsaturated/α-hetero) is 1. The van der Waals surface area contributed by atoms with Crippen molar-refractivity contribution in [1.29, 1.82) is 5.41 Å². The zero-order chi connectivity index (χ0) is 26.5. The van der Waals surface area contributed by atoms with Gasteiger partial charge in [0.15, 0.2) is 12.4 Å². The number of rotatable bonds is 10. The van der Waals surface area contributed by atoms with Crippen molar-refractivity contribution < 1.29 is 14.3 Å².